The molecule has 3 saturated carbocycles. The molecule has 0 aromatic heterocycles. The van der Waals surface area contributed by atoms with Gasteiger partial charge in [0.05, 0.1) is 12.1 Å². The maximum Gasteiger partial charge on any atom is 0.246 e. The van der Waals surface area contributed by atoms with Crippen molar-refractivity contribution < 1.29 is 9.90 Å². The number of rotatable bonds is 2. The molecule has 5 rings (SSSR count). The van der Waals surface area contributed by atoms with Gasteiger partial charge in [-0.25, -0.2) is 5.01 Å². The van der Waals surface area contributed by atoms with Crippen LogP contribution < -0.4 is 0 Å². The Balaban J connectivity index is 1.54. The molecule has 110 valence electrons. The maximum absolute atomic E-state index is 12.9. The Morgan fingerprint density at radius 1 is 1.14 bits per heavy atom. The molecular weight excluding hydrogens is 264 g/mol. The standard InChI is InChI=1S/C17H20N2O2/c20-16-10-14(12-8-13(16)9-12)17(21)19-15(6-7-18-19)11-4-2-1-3-5-11/h1-5,7,12-16,20H,6,8-10H2/t12?,13?,14-,15?,16?/m0/s1. The van der Waals surface area contributed by atoms with Crippen molar-refractivity contribution >= 4 is 12.1 Å². The van der Waals surface area contributed by atoms with Gasteiger partial charge in [0.15, 0.2) is 0 Å². The van der Waals surface area contributed by atoms with Crippen LogP contribution in [0.2, 0.25) is 0 Å². The summed E-state index contributed by atoms with van der Waals surface area (Å²) in [5.74, 6) is 0.940. The molecule has 1 heterocycles. The molecule has 3 fully saturated rings. The first-order chi connectivity index (χ1) is 10.2. The Bertz CT molecular complexity index is 565. The number of nitrogens with zero attached hydrogens (tertiary/aromatic N) is 2. The van der Waals surface area contributed by atoms with Gasteiger partial charge in [-0.1, -0.05) is 30.3 Å². The van der Waals surface area contributed by atoms with Crippen molar-refractivity contribution in [3.63, 3.8) is 0 Å². The van der Waals surface area contributed by atoms with Crippen LogP contribution in [-0.4, -0.2) is 28.3 Å². The summed E-state index contributed by atoms with van der Waals surface area (Å²) in [4.78, 5) is 12.9. The molecule has 0 radical (unpaired) electrons. The third-order valence-electron chi connectivity index (χ3n) is 5.38. The predicted octanol–water partition coefficient (Wildman–Crippen LogP) is 2.35. The van der Waals surface area contributed by atoms with E-state index in [1.807, 2.05) is 24.4 Å². The van der Waals surface area contributed by atoms with Gasteiger partial charge in [-0.2, -0.15) is 5.10 Å². The van der Waals surface area contributed by atoms with Crippen molar-refractivity contribution in [2.75, 3.05) is 0 Å². The summed E-state index contributed by atoms with van der Waals surface area (Å²) in [6.45, 7) is 0. The van der Waals surface area contributed by atoms with E-state index in [0.29, 0.717) is 18.3 Å². The Morgan fingerprint density at radius 3 is 2.62 bits per heavy atom. The number of hydrogen-bond donors (Lipinski definition) is 1. The first kappa shape index (κ1) is 13.0. The zero-order valence-corrected chi connectivity index (χ0v) is 11.9. The van der Waals surface area contributed by atoms with Gasteiger partial charge in [0.2, 0.25) is 5.91 Å². The van der Waals surface area contributed by atoms with Crippen LogP contribution in [0.4, 0.5) is 0 Å². The van der Waals surface area contributed by atoms with E-state index < -0.39 is 0 Å². The van der Waals surface area contributed by atoms with E-state index >= 15 is 0 Å². The molecule has 1 aromatic rings. The molecule has 0 spiro atoms. The molecule has 4 aliphatic rings. The number of aliphatic hydroxyl groups excluding tert-OH is 1. The minimum absolute atomic E-state index is 0.0219. The van der Waals surface area contributed by atoms with E-state index in [-0.39, 0.29) is 24.0 Å². The van der Waals surface area contributed by atoms with Crippen molar-refractivity contribution in [1.82, 2.24) is 5.01 Å². The first-order valence-electron chi connectivity index (χ1n) is 7.82. The van der Waals surface area contributed by atoms with E-state index in [9.17, 15) is 9.90 Å². The summed E-state index contributed by atoms with van der Waals surface area (Å²) in [5.41, 5.74) is 1.13. The number of benzene rings is 1. The number of fused-ring (bicyclic) bond motifs is 2. The largest absolute Gasteiger partial charge is 0.393 e. The van der Waals surface area contributed by atoms with Gasteiger partial charge in [0, 0.05) is 18.6 Å². The number of hydrogen-bond acceptors (Lipinski definition) is 3. The Labute approximate surface area is 124 Å². The van der Waals surface area contributed by atoms with Crippen molar-refractivity contribution in [3.8, 4) is 0 Å². The van der Waals surface area contributed by atoms with Crippen LogP contribution in [0.1, 0.15) is 37.3 Å². The van der Waals surface area contributed by atoms with Crippen LogP contribution in [0.5, 0.6) is 0 Å². The van der Waals surface area contributed by atoms with Gasteiger partial charge in [-0.3, -0.25) is 4.79 Å². The second-order valence-corrected chi connectivity index (χ2v) is 6.54. The summed E-state index contributed by atoms with van der Waals surface area (Å²) in [5, 5.41) is 16.0. The third kappa shape index (κ3) is 2.09. The van der Waals surface area contributed by atoms with Crippen molar-refractivity contribution in [3.05, 3.63) is 35.9 Å². The summed E-state index contributed by atoms with van der Waals surface area (Å²) >= 11 is 0. The van der Waals surface area contributed by atoms with Crippen LogP contribution in [-0.2, 0) is 4.79 Å². The zero-order chi connectivity index (χ0) is 14.4. The lowest BCUT2D eigenvalue weighted by atomic mass is 9.58. The van der Waals surface area contributed by atoms with Crippen molar-refractivity contribution in [2.24, 2.45) is 22.9 Å². The quantitative estimate of drug-likeness (QED) is 0.906. The fraction of sp³-hybridized carbons (Fsp3) is 0.529. The molecule has 2 bridgehead atoms. The van der Waals surface area contributed by atoms with Gasteiger partial charge in [-0.15, -0.1) is 0 Å². The fourth-order valence-corrected chi connectivity index (χ4v) is 4.05. The molecule has 2 unspecified atom stereocenters. The normalized spacial score (nSPS) is 37.4. The number of hydrazone groups is 1. The highest BCUT2D eigenvalue weighted by Crippen LogP contribution is 2.50. The Hall–Kier alpha value is -1.68. The predicted molar refractivity (Wildman–Crippen MR) is 79.5 cm³/mol. The Morgan fingerprint density at radius 2 is 1.90 bits per heavy atom. The highest BCUT2D eigenvalue weighted by atomic mass is 16.3. The van der Waals surface area contributed by atoms with Crippen LogP contribution in [0.25, 0.3) is 0 Å². The minimum Gasteiger partial charge on any atom is -0.393 e. The van der Waals surface area contributed by atoms with E-state index in [4.69, 9.17) is 0 Å². The van der Waals surface area contributed by atoms with Gasteiger partial charge < -0.3 is 5.11 Å². The summed E-state index contributed by atoms with van der Waals surface area (Å²) in [6, 6.07) is 10.1. The monoisotopic (exact) mass is 284 g/mol. The summed E-state index contributed by atoms with van der Waals surface area (Å²) in [7, 11) is 0. The average Bonchev–Trinajstić information content (AvgIpc) is 2.95. The van der Waals surface area contributed by atoms with Gasteiger partial charge >= 0.3 is 0 Å². The van der Waals surface area contributed by atoms with Crippen molar-refractivity contribution in [2.45, 2.75) is 37.8 Å². The molecule has 3 atom stereocenters. The first-order valence-corrected chi connectivity index (χ1v) is 7.82. The number of carbonyl (C=O) groups is 1. The molecule has 4 nitrogen and oxygen atoms in total. The molecule has 1 amide bonds. The van der Waals surface area contributed by atoms with Gasteiger partial charge in [-0.05, 0) is 36.7 Å². The zero-order valence-electron chi connectivity index (χ0n) is 11.9. The van der Waals surface area contributed by atoms with Crippen LogP contribution in [0, 0.1) is 17.8 Å². The molecule has 1 aliphatic heterocycles. The third-order valence-corrected chi connectivity index (χ3v) is 5.38. The molecule has 21 heavy (non-hydrogen) atoms. The topological polar surface area (TPSA) is 52.9 Å². The maximum atomic E-state index is 12.9. The fourth-order valence-electron chi connectivity index (χ4n) is 4.05. The van der Waals surface area contributed by atoms with E-state index in [1.165, 1.54) is 0 Å². The van der Waals surface area contributed by atoms with Crippen LogP contribution >= 0.6 is 0 Å². The van der Waals surface area contributed by atoms with Crippen LogP contribution in [0.3, 0.4) is 0 Å². The smallest absolute Gasteiger partial charge is 0.246 e. The average molecular weight is 284 g/mol. The van der Waals surface area contributed by atoms with Crippen LogP contribution in [0.15, 0.2) is 35.4 Å². The second kappa shape index (κ2) is 4.95. The van der Waals surface area contributed by atoms with Gasteiger partial charge in [0.1, 0.15) is 0 Å². The molecule has 1 N–H and O–H groups in total. The summed E-state index contributed by atoms with van der Waals surface area (Å²) in [6.07, 6.45) is 4.93. The van der Waals surface area contributed by atoms with E-state index in [2.05, 4.69) is 17.2 Å². The van der Waals surface area contributed by atoms with E-state index in [1.54, 1.807) is 5.01 Å². The molecule has 1 aromatic carbocycles. The summed E-state index contributed by atoms with van der Waals surface area (Å²) < 4.78 is 0. The SMILES string of the molecule is O=C([C@H]1CC(O)C2CC1C2)N1N=CCC1c1ccccc1. The molecule has 0 saturated heterocycles. The van der Waals surface area contributed by atoms with E-state index in [0.717, 1.165) is 24.8 Å². The lowest BCUT2D eigenvalue weighted by Crippen LogP contribution is -2.50. The Kier molecular flexibility index (Phi) is 3.07. The molecule has 3 aliphatic carbocycles. The minimum atomic E-state index is -0.300. The lowest BCUT2D eigenvalue weighted by molar-refractivity contribution is -0.151. The second-order valence-electron chi connectivity index (χ2n) is 6.54. The highest BCUT2D eigenvalue weighted by Gasteiger charge is 2.50. The number of amides is 1. The number of aliphatic hydroxyl groups is 1. The molecular formula is C17H20N2O2. The van der Waals surface area contributed by atoms with Gasteiger partial charge in [0.25, 0.3) is 0 Å². The van der Waals surface area contributed by atoms with Crippen molar-refractivity contribution in [1.29, 1.82) is 0 Å². The highest BCUT2D eigenvalue weighted by molar-refractivity contribution is 5.82. The number of carbonyl (C=O) groups excluding carboxylic acids is 1. The molecule has 4 heteroatoms. The lowest BCUT2D eigenvalue weighted by Gasteiger charge is -2.49.